The van der Waals surface area contributed by atoms with Gasteiger partial charge in [-0.05, 0) is 6.07 Å². The Morgan fingerprint density at radius 3 is 2.48 bits per heavy atom. The van der Waals surface area contributed by atoms with E-state index in [9.17, 15) is 22.4 Å². The van der Waals surface area contributed by atoms with Gasteiger partial charge in [0.1, 0.15) is 17.3 Å². The zero-order chi connectivity index (χ0) is 16.4. The monoisotopic (exact) mass is 338 g/mol. The molecule has 21 heavy (non-hydrogen) atoms. The molecule has 0 aliphatic rings. The van der Waals surface area contributed by atoms with Crippen LogP contribution in [0.5, 0.6) is 0 Å². The largest absolute Gasteiger partial charge is 0.480 e. The fraction of sp³-hybridized carbons (Fsp3) is 0.273. The van der Waals surface area contributed by atoms with Crippen molar-refractivity contribution in [3.63, 3.8) is 0 Å². The Balaban J connectivity index is 3.28. The number of hydrogen-bond donors (Lipinski definition) is 2. The van der Waals surface area contributed by atoms with E-state index >= 15 is 0 Å². The zero-order valence-corrected chi connectivity index (χ0v) is 12.6. The molecule has 1 rings (SSSR count). The van der Waals surface area contributed by atoms with Gasteiger partial charge in [0.25, 0.3) is 0 Å². The molecule has 0 spiro atoms. The van der Waals surface area contributed by atoms with Crippen LogP contribution in [-0.4, -0.2) is 43.3 Å². The number of carbonyl (C=O) groups excluding carboxylic acids is 1. The fourth-order valence-corrected chi connectivity index (χ4v) is 2.92. The molecule has 1 amide bonds. The summed E-state index contributed by atoms with van der Waals surface area (Å²) < 4.78 is 38.5. The summed E-state index contributed by atoms with van der Waals surface area (Å²) in [5.41, 5.74) is -0.0819. The number of sulfonamides is 1. The van der Waals surface area contributed by atoms with Crippen LogP contribution in [0.1, 0.15) is 6.92 Å². The number of nitrogens with one attached hydrogen (secondary N) is 1. The third-order valence-corrected chi connectivity index (χ3v) is 4.51. The summed E-state index contributed by atoms with van der Waals surface area (Å²) in [6.07, 6.45) is 0. The average Bonchev–Trinajstić information content (AvgIpc) is 2.31. The van der Waals surface area contributed by atoms with Crippen molar-refractivity contribution in [3.8, 4) is 0 Å². The highest BCUT2D eigenvalue weighted by atomic mass is 35.5. The second-order valence-electron chi connectivity index (χ2n) is 4.10. The molecule has 1 aromatic rings. The number of halogens is 2. The first-order valence-electron chi connectivity index (χ1n) is 5.50. The van der Waals surface area contributed by atoms with Gasteiger partial charge in [0.2, 0.25) is 15.9 Å². The molecular weight excluding hydrogens is 327 g/mol. The number of carbonyl (C=O) groups is 2. The molecule has 116 valence electrons. The van der Waals surface area contributed by atoms with Crippen LogP contribution in [-0.2, 0) is 19.6 Å². The van der Waals surface area contributed by atoms with Crippen molar-refractivity contribution < 1.29 is 27.5 Å². The van der Waals surface area contributed by atoms with Crippen molar-refractivity contribution >= 4 is 39.2 Å². The number of rotatable bonds is 5. The third kappa shape index (κ3) is 4.13. The van der Waals surface area contributed by atoms with E-state index in [0.29, 0.717) is 4.31 Å². The van der Waals surface area contributed by atoms with E-state index in [0.717, 1.165) is 19.2 Å². The molecule has 0 aromatic heterocycles. The smallest absolute Gasteiger partial charge is 0.318 e. The summed E-state index contributed by atoms with van der Waals surface area (Å²) in [5.74, 6) is -3.04. The molecule has 0 saturated heterocycles. The summed E-state index contributed by atoms with van der Waals surface area (Å²) >= 11 is 5.78. The van der Waals surface area contributed by atoms with Gasteiger partial charge in [-0.2, -0.15) is 4.31 Å². The Kier molecular flexibility index (Phi) is 5.26. The lowest BCUT2D eigenvalue weighted by Gasteiger charge is -2.16. The highest BCUT2D eigenvalue weighted by Crippen LogP contribution is 2.29. The van der Waals surface area contributed by atoms with Crippen molar-refractivity contribution in [2.75, 3.05) is 18.9 Å². The van der Waals surface area contributed by atoms with Crippen molar-refractivity contribution in [1.29, 1.82) is 0 Å². The quantitative estimate of drug-likeness (QED) is 0.838. The van der Waals surface area contributed by atoms with Crippen LogP contribution in [0.2, 0.25) is 5.02 Å². The van der Waals surface area contributed by atoms with E-state index in [1.807, 2.05) is 0 Å². The zero-order valence-electron chi connectivity index (χ0n) is 11.1. The third-order valence-electron chi connectivity index (χ3n) is 2.38. The van der Waals surface area contributed by atoms with Gasteiger partial charge in [0, 0.05) is 20.0 Å². The maximum Gasteiger partial charge on any atom is 0.318 e. The predicted molar refractivity (Wildman–Crippen MR) is 73.2 cm³/mol. The number of carboxylic acid groups (broad SMARTS) is 1. The minimum atomic E-state index is -4.35. The van der Waals surface area contributed by atoms with Crippen LogP contribution in [0.3, 0.4) is 0 Å². The van der Waals surface area contributed by atoms with Crippen molar-refractivity contribution in [2.45, 2.75) is 11.8 Å². The topological polar surface area (TPSA) is 104 Å². The number of nitrogens with zero attached hydrogens (tertiary/aromatic N) is 1. The second-order valence-corrected chi connectivity index (χ2v) is 6.52. The minimum absolute atomic E-state index is 0.0819. The van der Waals surface area contributed by atoms with Crippen LogP contribution in [0.15, 0.2) is 17.0 Å². The Morgan fingerprint density at radius 2 is 2.00 bits per heavy atom. The van der Waals surface area contributed by atoms with Crippen LogP contribution in [0.25, 0.3) is 0 Å². The van der Waals surface area contributed by atoms with Gasteiger partial charge in [-0.1, -0.05) is 11.6 Å². The van der Waals surface area contributed by atoms with Gasteiger partial charge in [-0.3, -0.25) is 9.59 Å². The first-order valence-corrected chi connectivity index (χ1v) is 7.32. The fourth-order valence-electron chi connectivity index (χ4n) is 1.46. The molecule has 0 bridgehead atoms. The number of aliphatic carboxylic acids is 1. The summed E-state index contributed by atoms with van der Waals surface area (Å²) in [5, 5.41) is 10.6. The highest BCUT2D eigenvalue weighted by molar-refractivity contribution is 7.89. The number of hydrogen-bond acceptors (Lipinski definition) is 4. The van der Waals surface area contributed by atoms with Crippen LogP contribution >= 0.6 is 11.6 Å². The first kappa shape index (κ1) is 17.3. The molecule has 0 saturated carbocycles. The Morgan fingerprint density at radius 1 is 1.43 bits per heavy atom. The van der Waals surface area contributed by atoms with E-state index in [-0.39, 0.29) is 10.7 Å². The van der Waals surface area contributed by atoms with E-state index < -0.39 is 39.2 Å². The lowest BCUT2D eigenvalue weighted by molar-refractivity contribution is -0.137. The van der Waals surface area contributed by atoms with Gasteiger partial charge in [0.05, 0.1) is 10.7 Å². The van der Waals surface area contributed by atoms with Crippen LogP contribution in [0, 0.1) is 5.82 Å². The van der Waals surface area contributed by atoms with Gasteiger partial charge in [-0.25, -0.2) is 12.8 Å². The molecule has 7 nitrogen and oxygen atoms in total. The number of carboxylic acids is 1. The maximum atomic E-state index is 13.9. The molecule has 0 aliphatic carbocycles. The molecule has 0 atom stereocenters. The lowest BCUT2D eigenvalue weighted by Crippen LogP contribution is -2.32. The van der Waals surface area contributed by atoms with Crippen molar-refractivity contribution in [3.05, 3.63) is 23.0 Å². The summed E-state index contributed by atoms with van der Waals surface area (Å²) in [7, 11) is -3.35. The van der Waals surface area contributed by atoms with E-state index in [4.69, 9.17) is 16.7 Å². The lowest BCUT2D eigenvalue weighted by atomic mass is 10.3. The molecule has 0 unspecified atom stereocenters. The molecule has 2 N–H and O–H groups in total. The van der Waals surface area contributed by atoms with Gasteiger partial charge in [0.15, 0.2) is 0 Å². The predicted octanol–water partition coefficient (Wildman–Crippen LogP) is 1.14. The Labute approximate surface area is 125 Å². The standard InChI is InChI=1S/C11H12ClFN2O5S/c1-6(16)14-9-4-8(13)10(3-7(9)12)21(19,20)15(2)5-11(17)18/h3-4H,5H2,1-2H3,(H,14,16)(H,17,18). The maximum absolute atomic E-state index is 13.9. The molecule has 0 fully saturated rings. The number of likely N-dealkylation sites (N-methyl/N-ethyl adjacent to an activating group) is 1. The van der Waals surface area contributed by atoms with Crippen LogP contribution in [0.4, 0.5) is 10.1 Å². The molecule has 0 radical (unpaired) electrons. The summed E-state index contributed by atoms with van der Waals surface area (Å²) in [6.45, 7) is 0.354. The minimum Gasteiger partial charge on any atom is -0.480 e. The highest BCUT2D eigenvalue weighted by Gasteiger charge is 2.27. The van der Waals surface area contributed by atoms with E-state index in [2.05, 4.69) is 5.32 Å². The van der Waals surface area contributed by atoms with Gasteiger partial charge < -0.3 is 10.4 Å². The Hall–Kier alpha value is -1.71. The summed E-state index contributed by atoms with van der Waals surface area (Å²) in [4.78, 5) is 20.7. The second kappa shape index (κ2) is 6.37. The van der Waals surface area contributed by atoms with Crippen LogP contribution < -0.4 is 5.32 Å². The molecule has 1 aromatic carbocycles. The molecule has 0 aliphatic heterocycles. The van der Waals surface area contributed by atoms with Crippen molar-refractivity contribution in [1.82, 2.24) is 4.31 Å². The van der Waals surface area contributed by atoms with Gasteiger partial charge >= 0.3 is 5.97 Å². The number of anilines is 1. The molecular formula is C11H12ClFN2O5S. The normalized spacial score (nSPS) is 11.5. The number of benzene rings is 1. The van der Waals surface area contributed by atoms with Gasteiger partial charge in [-0.15, -0.1) is 0 Å². The Bertz CT molecular complexity index is 692. The van der Waals surface area contributed by atoms with E-state index in [1.54, 1.807) is 0 Å². The first-order chi connectivity index (χ1) is 9.55. The average molecular weight is 339 g/mol. The van der Waals surface area contributed by atoms with Crippen molar-refractivity contribution in [2.24, 2.45) is 0 Å². The molecule has 0 heterocycles. The van der Waals surface area contributed by atoms with E-state index in [1.165, 1.54) is 6.92 Å². The summed E-state index contributed by atoms with van der Waals surface area (Å²) in [6, 6.07) is 1.57. The number of amides is 1. The molecule has 10 heteroatoms. The SMILES string of the molecule is CC(=O)Nc1cc(F)c(S(=O)(=O)N(C)CC(=O)O)cc1Cl.